The minimum atomic E-state index is -0.868. The van der Waals surface area contributed by atoms with Gasteiger partial charge in [-0.1, -0.05) is 26.7 Å². The van der Waals surface area contributed by atoms with Crippen molar-refractivity contribution in [3.8, 4) is 6.07 Å². The van der Waals surface area contributed by atoms with Crippen molar-refractivity contribution < 1.29 is 9.53 Å². The van der Waals surface area contributed by atoms with Crippen LogP contribution >= 0.6 is 0 Å². The third-order valence-corrected chi connectivity index (χ3v) is 3.96. The van der Waals surface area contributed by atoms with Gasteiger partial charge in [0.1, 0.15) is 5.41 Å². The van der Waals surface area contributed by atoms with Gasteiger partial charge in [0.15, 0.2) is 0 Å². The lowest BCUT2D eigenvalue weighted by Crippen LogP contribution is -2.61. The largest absolute Gasteiger partial charge is 0.366 e. The van der Waals surface area contributed by atoms with Crippen molar-refractivity contribution in [2.75, 3.05) is 13.1 Å². The monoisotopic (exact) mass is 294 g/mol. The lowest BCUT2D eigenvalue weighted by Gasteiger charge is -2.48. The molecule has 0 radical (unpaired) electrons. The van der Waals surface area contributed by atoms with E-state index in [9.17, 15) is 10.1 Å². The standard InChI is InChI=1S/C17H30N2O2/c1-7-9-17(11-18,10-8-2)14(20)19-12-15(3,4)21-16(5,6)13-19/h7-10,12-13H2,1-6H3. The van der Waals surface area contributed by atoms with Gasteiger partial charge < -0.3 is 9.64 Å². The summed E-state index contributed by atoms with van der Waals surface area (Å²) in [5.41, 5.74) is -1.62. The normalized spacial score (nSPS) is 20.9. The molecule has 4 nitrogen and oxygen atoms in total. The van der Waals surface area contributed by atoms with Gasteiger partial charge in [0.2, 0.25) is 5.91 Å². The SMILES string of the molecule is CCCC(C#N)(CCC)C(=O)N1CC(C)(C)OC(C)(C)C1. The lowest BCUT2D eigenvalue weighted by atomic mass is 9.78. The quantitative estimate of drug-likeness (QED) is 0.779. The van der Waals surface area contributed by atoms with Crippen LogP contribution in [0.1, 0.15) is 67.2 Å². The van der Waals surface area contributed by atoms with Crippen LogP contribution in [0.2, 0.25) is 0 Å². The number of nitrogens with zero attached hydrogens (tertiary/aromatic N) is 2. The fourth-order valence-electron chi connectivity index (χ4n) is 3.59. The van der Waals surface area contributed by atoms with E-state index in [1.165, 1.54) is 0 Å². The van der Waals surface area contributed by atoms with Crippen molar-refractivity contribution >= 4 is 5.91 Å². The van der Waals surface area contributed by atoms with Crippen molar-refractivity contribution in [1.29, 1.82) is 5.26 Å². The topological polar surface area (TPSA) is 53.3 Å². The molecular formula is C17H30N2O2. The average molecular weight is 294 g/mol. The van der Waals surface area contributed by atoms with Crippen LogP contribution in [-0.2, 0) is 9.53 Å². The molecule has 1 aliphatic heterocycles. The Morgan fingerprint density at radius 2 is 1.57 bits per heavy atom. The molecule has 1 amide bonds. The second-order valence-corrected chi connectivity index (χ2v) is 7.48. The maximum absolute atomic E-state index is 13.1. The second-order valence-electron chi connectivity index (χ2n) is 7.48. The summed E-state index contributed by atoms with van der Waals surface area (Å²) in [5, 5.41) is 9.67. The lowest BCUT2D eigenvalue weighted by molar-refractivity contribution is -0.192. The zero-order valence-electron chi connectivity index (χ0n) is 14.5. The van der Waals surface area contributed by atoms with Gasteiger partial charge in [-0.05, 0) is 40.5 Å². The number of nitriles is 1. The van der Waals surface area contributed by atoms with Crippen LogP contribution in [0.15, 0.2) is 0 Å². The maximum Gasteiger partial charge on any atom is 0.243 e. The van der Waals surface area contributed by atoms with Crippen LogP contribution in [0.5, 0.6) is 0 Å². The van der Waals surface area contributed by atoms with Crippen LogP contribution in [-0.4, -0.2) is 35.1 Å². The first-order valence-corrected chi connectivity index (χ1v) is 8.02. The van der Waals surface area contributed by atoms with Crippen LogP contribution in [0.4, 0.5) is 0 Å². The van der Waals surface area contributed by atoms with Gasteiger partial charge in [0.05, 0.1) is 17.3 Å². The minimum Gasteiger partial charge on any atom is -0.366 e. The Kier molecular flexibility index (Phi) is 5.44. The Balaban J connectivity index is 3.06. The van der Waals surface area contributed by atoms with Gasteiger partial charge in [0, 0.05) is 13.1 Å². The highest BCUT2D eigenvalue weighted by Crippen LogP contribution is 2.35. The van der Waals surface area contributed by atoms with Crippen LogP contribution in [0.3, 0.4) is 0 Å². The molecule has 1 heterocycles. The van der Waals surface area contributed by atoms with Crippen LogP contribution < -0.4 is 0 Å². The number of morpholine rings is 1. The van der Waals surface area contributed by atoms with Gasteiger partial charge in [-0.2, -0.15) is 5.26 Å². The van der Waals surface area contributed by atoms with E-state index in [4.69, 9.17) is 4.74 Å². The van der Waals surface area contributed by atoms with E-state index in [0.717, 1.165) is 12.8 Å². The Bertz CT molecular complexity index is 399. The average Bonchev–Trinajstić information content (AvgIpc) is 2.33. The molecular weight excluding hydrogens is 264 g/mol. The first-order valence-electron chi connectivity index (χ1n) is 8.02. The van der Waals surface area contributed by atoms with E-state index >= 15 is 0 Å². The highest BCUT2D eigenvalue weighted by atomic mass is 16.5. The summed E-state index contributed by atoms with van der Waals surface area (Å²) in [5.74, 6) is -0.0156. The predicted octanol–water partition coefficient (Wildman–Crippen LogP) is 3.51. The van der Waals surface area contributed by atoms with Crippen molar-refractivity contribution in [2.24, 2.45) is 5.41 Å². The van der Waals surface area contributed by atoms with Gasteiger partial charge in [-0.3, -0.25) is 4.79 Å². The number of carbonyl (C=O) groups excluding carboxylic acids is 1. The summed E-state index contributed by atoms with van der Waals surface area (Å²) in [6, 6.07) is 2.34. The van der Waals surface area contributed by atoms with E-state index in [0.29, 0.717) is 25.9 Å². The summed E-state index contributed by atoms with van der Waals surface area (Å²) >= 11 is 0. The minimum absolute atomic E-state index is 0.0156. The molecule has 1 aliphatic rings. The highest BCUT2D eigenvalue weighted by molar-refractivity contribution is 5.85. The molecule has 0 saturated carbocycles. The van der Waals surface area contributed by atoms with E-state index in [1.807, 2.05) is 46.4 Å². The fourth-order valence-corrected chi connectivity index (χ4v) is 3.59. The van der Waals surface area contributed by atoms with Gasteiger partial charge in [-0.25, -0.2) is 0 Å². The van der Waals surface area contributed by atoms with Gasteiger partial charge >= 0.3 is 0 Å². The molecule has 1 saturated heterocycles. The zero-order valence-corrected chi connectivity index (χ0v) is 14.5. The van der Waals surface area contributed by atoms with Crippen molar-refractivity contribution in [2.45, 2.75) is 78.4 Å². The van der Waals surface area contributed by atoms with Gasteiger partial charge in [-0.15, -0.1) is 0 Å². The smallest absolute Gasteiger partial charge is 0.243 e. The number of amides is 1. The zero-order chi connectivity index (χ0) is 16.3. The van der Waals surface area contributed by atoms with E-state index in [1.54, 1.807) is 0 Å². The number of rotatable bonds is 5. The summed E-state index contributed by atoms with van der Waals surface area (Å²) in [7, 11) is 0. The van der Waals surface area contributed by atoms with Gasteiger partial charge in [0.25, 0.3) is 0 Å². The molecule has 1 rings (SSSR count). The summed E-state index contributed by atoms with van der Waals surface area (Å²) < 4.78 is 6.03. The van der Waals surface area contributed by atoms with Crippen molar-refractivity contribution in [1.82, 2.24) is 4.90 Å². The molecule has 21 heavy (non-hydrogen) atoms. The molecule has 120 valence electrons. The summed E-state index contributed by atoms with van der Waals surface area (Å²) in [4.78, 5) is 14.9. The predicted molar refractivity (Wildman–Crippen MR) is 83.7 cm³/mol. The molecule has 0 atom stereocenters. The third kappa shape index (κ3) is 4.20. The Morgan fingerprint density at radius 3 is 1.90 bits per heavy atom. The van der Waals surface area contributed by atoms with Crippen LogP contribution in [0.25, 0.3) is 0 Å². The molecule has 4 heteroatoms. The van der Waals surface area contributed by atoms with E-state index < -0.39 is 5.41 Å². The maximum atomic E-state index is 13.1. The molecule has 0 spiro atoms. The Hall–Kier alpha value is -1.08. The number of carbonyl (C=O) groups is 1. The Labute approximate surface area is 129 Å². The first kappa shape index (κ1) is 18.0. The van der Waals surface area contributed by atoms with Crippen LogP contribution in [0, 0.1) is 16.7 Å². The third-order valence-electron chi connectivity index (χ3n) is 3.96. The molecule has 0 aromatic carbocycles. The molecule has 0 aromatic heterocycles. The molecule has 0 bridgehead atoms. The number of ether oxygens (including phenoxy) is 1. The second kappa shape index (κ2) is 6.36. The summed E-state index contributed by atoms with van der Waals surface area (Å²) in [6.45, 7) is 13.2. The first-order chi connectivity index (χ1) is 9.61. The molecule has 0 aliphatic carbocycles. The molecule has 0 N–H and O–H groups in total. The summed E-state index contributed by atoms with van der Waals surface area (Å²) in [6.07, 6.45) is 2.95. The van der Waals surface area contributed by atoms with E-state index in [2.05, 4.69) is 6.07 Å². The number of hydrogen-bond acceptors (Lipinski definition) is 3. The molecule has 0 unspecified atom stereocenters. The van der Waals surface area contributed by atoms with E-state index in [-0.39, 0.29) is 17.1 Å². The molecule has 0 aromatic rings. The van der Waals surface area contributed by atoms with Crippen molar-refractivity contribution in [3.63, 3.8) is 0 Å². The number of hydrogen-bond donors (Lipinski definition) is 0. The molecule has 1 fully saturated rings. The van der Waals surface area contributed by atoms with Crippen molar-refractivity contribution in [3.05, 3.63) is 0 Å². The highest BCUT2D eigenvalue weighted by Gasteiger charge is 2.46. The Morgan fingerprint density at radius 1 is 1.14 bits per heavy atom. The fraction of sp³-hybridized carbons (Fsp3) is 0.882.